The quantitative estimate of drug-likeness (QED) is 0.681. The van der Waals surface area contributed by atoms with Crippen molar-refractivity contribution in [1.29, 1.82) is 0 Å². The lowest BCUT2D eigenvalue weighted by atomic mass is 10.1. The highest BCUT2D eigenvalue weighted by molar-refractivity contribution is 5.67. The second-order valence-corrected chi connectivity index (χ2v) is 4.55. The Hall–Kier alpha value is -2.55. The van der Waals surface area contributed by atoms with Crippen molar-refractivity contribution >= 4 is 5.69 Å². The second kappa shape index (κ2) is 4.61. The van der Waals surface area contributed by atoms with Crippen LogP contribution in [0, 0.1) is 6.92 Å². The number of nitrogens with two attached hydrogens (primary N) is 1. The first kappa shape index (κ1) is 11.5. The van der Waals surface area contributed by atoms with Gasteiger partial charge >= 0.3 is 0 Å². The molecule has 3 aromatic rings. The highest BCUT2D eigenvalue weighted by Gasteiger charge is 2.09. The zero-order valence-electron chi connectivity index (χ0n) is 10.7. The van der Waals surface area contributed by atoms with Crippen LogP contribution in [-0.2, 0) is 0 Å². The van der Waals surface area contributed by atoms with Gasteiger partial charge in [0, 0.05) is 22.5 Å². The van der Waals surface area contributed by atoms with Gasteiger partial charge in [-0.05, 0) is 31.2 Å². The molecular weight excluding hydrogens is 234 g/mol. The van der Waals surface area contributed by atoms with Gasteiger partial charge in [0.05, 0.1) is 5.69 Å². The minimum absolute atomic E-state index is 0.760. The van der Waals surface area contributed by atoms with Crippen LogP contribution in [0.5, 0.6) is 0 Å². The first-order valence-corrected chi connectivity index (χ1v) is 6.22. The van der Waals surface area contributed by atoms with Crippen molar-refractivity contribution in [3.8, 4) is 22.6 Å². The van der Waals surface area contributed by atoms with Gasteiger partial charge in [0.25, 0.3) is 0 Å². The van der Waals surface area contributed by atoms with Crippen LogP contribution in [0.25, 0.3) is 22.6 Å². The normalized spacial score (nSPS) is 10.6. The molecule has 0 atom stereocenters. The number of nitrogen functional groups attached to an aromatic ring is 1. The van der Waals surface area contributed by atoms with E-state index < -0.39 is 0 Å². The smallest absolute Gasteiger partial charge is 0.138 e. The highest BCUT2D eigenvalue weighted by atomic mass is 14.9. The molecule has 0 saturated carbocycles. The van der Waals surface area contributed by atoms with Gasteiger partial charge in [-0.2, -0.15) is 0 Å². The summed E-state index contributed by atoms with van der Waals surface area (Å²) in [5.74, 6) is 0.872. The van der Waals surface area contributed by atoms with Gasteiger partial charge in [-0.3, -0.25) is 0 Å². The van der Waals surface area contributed by atoms with Gasteiger partial charge in [0.15, 0.2) is 0 Å². The largest absolute Gasteiger partial charge is 0.399 e. The van der Waals surface area contributed by atoms with Crippen LogP contribution < -0.4 is 5.73 Å². The van der Waals surface area contributed by atoms with Crippen LogP contribution in [0.2, 0.25) is 0 Å². The maximum absolute atomic E-state index is 5.70. The van der Waals surface area contributed by atoms with Crippen LogP contribution in [0.1, 0.15) is 5.69 Å². The van der Waals surface area contributed by atoms with E-state index in [1.165, 1.54) is 0 Å². The van der Waals surface area contributed by atoms with Gasteiger partial charge < -0.3 is 10.7 Å². The van der Waals surface area contributed by atoms with Crippen LogP contribution >= 0.6 is 0 Å². The average Bonchev–Trinajstić information content (AvgIpc) is 2.83. The zero-order valence-corrected chi connectivity index (χ0v) is 10.7. The fourth-order valence-corrected chi connectivity index (χ4v) is 2.12. The summed E-state index contributed by atoms with van der Waals surface area (Å²) in [5.41, 5.74) is 10.7. The third kappa shape index (κ3) is 2.22. The molecule has 0 amide bonds. The van der Waals surface area contributed by atoms with Crippen LogP contribution in [0.15, 0.2) is 54.6 Å². The summed E-state index contributed by atoms with van der Waals surface area (Å²) in [6.45, 7) is 2.04. The molecule has 0 aliphatic heterocycles. The van der Waals surface area contributed by atoms with Crippen LogP contribution in [-0.4, -0.2) is 9.97 Å². The molecule has 1 aromatic heterocycles. The van der Waals surface area contributed by atoms with Crippen molar-refractivity contribution in [2.24, 2.45) is 0 Å². The number of aromatic amines is 1. The summed E-state index contributed by atoms with van der Waals surface area (Å²) in [4.78, 5) is 8.01. The predicted octanol–water partition coefficient (Wildman–Crippen LogP) is 3.63. The fraction of sp³-hybridized carbons (Fsp3) is 0.0625. The third-order valence-electron chi connectivity index (χ3n) is 3.12. The number of benzene rings is 2. The first-order chi connectivity index (χ1) is 9.24. The molecular formula is C16H15N3. The van der Waals surface area contributed by atoms with E-state index in [1.54, 1.807) is 0 Å². The van der Waals surface area contributed by atoms with Gasteiger partial charge in [-0.1, -0.05) is 30.3 Å². The topological polar surface area (TPSA) is 54.7 Å². The number of nitrogens with zero attached hydrogens (tertiary/aromatic N) is 1. The van der Waals surface area contributed by atoms with Gasteiger partial charge in [0.1, 0.15) is 5.82 Å². The van der Waals surface area contributed by atoms with Gasteiger partial charge in [-0.15, -0.1) is 0 Å². The Morgan fingerprint density at radius 3 is 2.26 bits per heavy atom. The Kier molecular flexibility index (Phi) is 2.80. The van der Waals surface area contributed by atoms with Crippen molar-refractivity contribution in [2.75, 3.05) is 5.73 Å². The number of aromatic nitrogens is 2. The lowest BCUT2D eigenvalue weighted by molar-refractivity contribution is 1.26. The summed E-state index contributed by atoms with van der Waals surface area (Å²) in [7, 11) is 0. The Labute approximate surface area is 112 Å². The molecule has 3 heteroatoms. The SMILES string of the molecule is Cc1[nH]c(-c2ccc(N)cc2)nc1-c1ccccc1. The van der Waals surface area contributed by atoms with Crippen molar-refractivity contribution in [3.05, 3.63) is 60.3 Å². The van der Waals surface area contributed by atoms with E-state index in [9.17, 15) is 0 Å². The number of nitrogens with one attached hydrogen (secondary N) is 1. The molecule has 3 N–H and O–H groups in total. The average molecular weight is 249 g/mol. The molecule has 0 aliphatic carbocycles. The molecule has 0 unspecified atom stereocenters. The minimum Gasteiger partial charge on any atom is -0.399 e. The van der Waals surface area contributed by atoms with E-state index in [4.69, 9.17) is 5.73 Å². The van der Waals surface area contributed by atoms with E-state index in [1.807, 2.05) is 49.4 Å². The number of anilines is 1. The molecule has 2 aromatic carbocycles. The number of hydrogen-bond acceptors (Lipinski definition) is 2. The second-order valence-electron chi connectivity index (χ2n) is 4.55. The van der Waals surface area contributed by atoms with Gasteiger partial charge in [-0.25, -0.2) is 4.98 Å². The summed E-state index contributed by atoms with van der Waals surface area (Å²) >= 11 is 0. The summed E-state index contributed by atoms with van der Waals surface area (Å²) in [6.07, 6.45) is 0. The van der Waals surface area contributed by atoms with Crippen molar-refractivity contribution < 1.29 is 0 Å². The number of H-pyrrole nitrogens is 1. The highest BCUT2D eigenvalue weighted by Crippen LogP contribution is 2.25. The van der Waals surface area contributed by atoms with E-state index in [2.05, 4.69) is 22.1 Å². The molecule has 3 rings (SSSR count). The van der Waals surface area contributed by atoms with E-state index >= 15 is 0 Å². The number of rotatable bonds is 2. The third-order valence-corrected chi connectivity index (χ3v) is 3.12. The summed E-state index contributed by atoms with van der Waals surface area (Å²) in [5, 5.41) is 0. The summed E-state index contributed by atoms with van der Waals surface area (Å²) in [6, 6.07) is 17.9. The Morgan fingerprint density at radius 1 is 0.895 bits per heavy atom. The molecule has 0 fully saturated rings. The molecule has 0 saturated heterocycles. The van der Waals surface area contributed by atoms with Crippen molar-refractivity contribution in [1.82, 2.24) is 9.97 Å². The Bertz CT molecular complexity index is 682. The lowest BCUT2D eigenvalue weighted by Crippen LogP contribution is -1.85. The van der Waals surface area contributed by atoms with E-state index in [0.29, 0.717) is 0 Å². The molecule has 0 spiro atoms. The number of hydrogen-bond donors (Lipinski definition) is 2. The predicted molar refractivity (Wildman–Crippen MR) is 78.6 cm³/mol. The number of imidazole rings is 1. The molecule has 94 valence electrons. The maximum Gasteiger partial charge on any atom is 0.138 e. The molecule has 0 radical (unpaired) electrons. The molecule has 1 heterocycles. The monoisotopic (exact) mass is 249 g/mol. The number of aryl methyl sites for hydroxylation is 1. The zero-order chi connectivity index (χ0) is 13.2. The van der Waals surface area contributed by atoms with E-state index in [0.717, 1.165) is 34.0 Å². The summed E-state index contributed by atoms with van der Waals surface area (Å²) < 4.78 is 0. The maximum atomic E-state index is 5.70. The molecule has 0 aliphatic rings. The van der Waals surface area contributed by atoms with Crippen molar-refractivity contribution in [3.63, 3.8) is 0 Å². The molecule has 0 bridgehead atoms. The van der Waals surface area contributed by atoms with Crippen molar-refractivity contribution in [2.45, 2.75) is 6.92 Å². The van der Waals surface area contributed by atoms with Gasteiger partial charge in [0.2, 0.25) is 0 Å². The fourth-order valence-electron chi connectivity index (χ4n) is 2.12. The molecule has 19 heavy (non-hydrogen) atoms. The standard InChI is InChI=1S/C16H15N3/c1-11-15(12-5-3-2-4-6-12)19-16(18-11)13-7-9-14(17)10-8-13/h2-10H,17H2,1H3,(H,18,19). The van der Waals surface area contributed by atoms with Crippen LogP contribution in [0.4, 0.5) is 5.69 Å². The van der Waals surface area contributed by atoms with Crippen LogP contribution in [0.3, 0.4) is 0 Å². The van der Waals surface area contributed by atoms with E-state index in [-0.39, 0.29) is 0 Å². The Morgan fingerprint density at radius 2 is 1.58 bits per heavy atom. The first-order valence-electron chi connectivity index (χ1n) is 6.22. The molecule has 3 nitrogen and oxygen atoms in total. The lowest BCUT2D eigenvalue weighted by Gasteiger charge is -1.97. The minimum atomic E-state index is 0.760. The Balaban J connectivity index is 2.04.